The summed E-state index contributed by atoms with van der Waals surface area (Å²) in [5.74, 6) is 0.247. The summed E-state index contributed by atoms with van der Waals surface area (Å²) in [5.41, 5.74) is 15.3. The summed E-state index contributed by atoms with van der Waals surface area (Å²) in [6.45, 7) is 5.11. The summed E-state index contributed by atoms with van der Waals surface area (Å²) in [6.07, 6.45) is 3.38. The summed E-state index contributed by atoms with van der Waals surface area (Å²) in [4.78, 5) is 77.0. The van der Waals surface area contributed by atoms with Gasteiger partial charge in [0.15, 0.2) is 0 Å². The fraction of sp³-hybridized carbons (Fsp3) is 0.310. The molecule has 0 bridgehead atoms. The van der Waals surface area contributed by atoms with Crippen molar-refractivity contribution >= 4 is 62.0 Å². The maximum absolute atomic E-state index is 12.5. The number of amides is 5. The largest absolute Gasteiger partial charge is 1.00 e. The number of hydrogen-bond acceptors (Lipinski definition) is 15. The molecular weight excluding hydrogens is 1270 g/mol. The van der Waals surface area contributed by atoms with Crippen LogP contribution in [0.4, 0.5) is 14.4 Å². The van der Waals surface area contributed by atoms with Crippen LogP contribution in [0.25, 0.3) is 33.4 Å². The second kappa shape index (κ2) is 38.2. The number of carbonyl (C=O) groups is 6. The molecule has 0 saturated carbocycles. The third-order valence-electron chi connectivity index (χ3n) is 16.6. The minimum absolute atomic E-state index is 0. The number of nitrogens with one attached hydrogen (secondary N) is 2. The van der Waals surface area contributed by atoms with Gasteiger partial charge in [-0.3, -0.25) is 14.4 Å². The van der Waals surface area contributed by atoms with Gasteiger partial charge in [-0.25, -0.2) is 22.8 Å². The van der Waals surface area contributed by atoms with Crippen LogP contribution in [-0.2, 0) is 42.5 Å². The van der Waals surface area contributed by atoms with Gasteiger partial charge in [0.1, 0.15) is 19.8 Å². The van der Waals surface area contributed by atoms with E-state index in [4.69, 9.17) is 40.2 Å². The fourth-order valence-electron chi connectivity index (χ4n) is 12.2. The molecule has 490 valence electrons. The third-order valence-corrected chi connectivity index (χ3v) is 18.0. The molecule has 20 nitrogen and oxygen atoms in total. The van der Waals surface area contributed by atoms with E-state index in [0.29, 0.717) is 97.9 Å². The van der Waals surface area contributed by atoms with Crippen LogP contribution in [0.15, 0.2) is 186 Å². The van der Waals surface area contributed by atoms with Crippen molar-refractivity contribution in [1.82, 2.24) is 25.3 Å². The molecule has 0 atom stereocenters. The molecule has 3 saturated heterocycles. The van der Waals surface area contributed by atoms with Gasteiger partial charge in [0.05, 0.1) is 10.6 Å². The van der Waals surface area contributed by atoms with E-state index in [1.54, 1.807) is 32.9 Å². The quantitative estimate of drug-likeness (QED) is 0.0330. The number of hydrogen-bond donors (Lipinski definition) is 3. The molecule has 0 spiro atoms. The molecule has 3 aliphatic carbocycles. The van der Waals surface area contributed by atoms with Gasteiger partial charge in [-0.15, -0.1) is 0 Å². The number of nitrogens with zero attached hydrogens (tertiary/aromatic N) is 4. The minimum atomic E-state index is -3.53. The molecule has 6 aliphatic rings. The summed E-state index contributed by atoms with van der Waals surface area (Å²) in [7, 11) is 1.50. The van der Waals surface area contributed by atoms with Crippen LogP contribution in [0.5, 0.6) is 0 Å². The zero-order chi connectivity index (χ0) is 64.8. The van der Waals surface area contributed by atoms with E-state index >= 15 is 0 Å². The second-order valence-electron chi connectivity index (χ2n) is 22.2. The first-order chi connectivity index (χ1) is 44.8. The molecule has 95 heavy (non-hydrogen) atoms. The Morgan fingerprint density at radius 3 is 1.17 bits per heavy atom. The van der Waals surface area contributed by atoms with Gasteiger partial charge in [0, 0.05) is 100 Å². The molecule has 24 heteroatoms. The number of likely N-dealkylation sites (tertiary alicyclic amines) is 1. The number of benzene rings is 7. The van der Waals surface area contributed by atoms with E-state index < -0.39 is 9.05 Å². The van der Waals surface area contributed by atoms with E-state index in [-0.39, 0.29) is 127 Å². The van der Waals surface area contributed by atoms with Crippen molar-refractivity contribution in [2.75, 3.05) is 72.2 Å². The number of rotatable bonds is 8. The smallest absolute Gasteiger partial charge is 1.00 e. The van der Waals surface area contributed by atoms with Crippen molar-refractivity contribution in [1.29, 1.82) is 0 Å². The Hall–Kier alpha value is -7.57. The molecule has 7 aromatic rings. The first kappa shape index (κ1) is 76.4. The number of halogens is 1. The maximum atomic E-state index is 12.5. The first-order valence-corrected chi connectivity index (χ1v) is 32.8. The predicted molar refractivity (Wildman–Crippen MR) is 352 cm³/mol. The van der Waals surface area contributed by atoms with Crippen LogP contribution in [-0.4, -0.2) is 143 Å². The number of fused-ring (bicyclic) bond motifs is 9. The van der Waals surface area contributed by atoms with Crippen molar-refractivity contribution in [2.24, 2.45) is 5.16 Å². The van der Waals surface area contributed by atoms with Crippen molar-refractivity contribution in [3.05, 3.63) is 209 Å². The molecule has 13 rings (SSSR count). The van der Waals surface area contributed by atoms with E-state index in [0.717, 1.165) is 25.0 Å². The normalized spacial score (nSPS) is 15.7. The van der Waals surface area contributed by atoms with Crippen LogP contribution < -0.4 is 75.0 Å². The van der Waals surface area contributed by atoms with Crippen molar-refractivity contribution in [3.8, 4) is 33.4 Å². The topological polar surface area (TPSA) is 263 Å². The molecule has 3 N–H and O–H groups in total. The van der Waals surface area contributed by atoms with Crippen LogP contribution >= 0.6 is 10.7 Å². The molecule has 3 fully saturated rings. The van der Waals surface area contributed by atoms with Crippen molar-refractivity contribution in [2.45, 2.75) is 75.0 Å². The minimum Gasteiger partial charge on any atom is -1.00 e. The van der Waals surface area contributed by atoms with E-state index in [2.05, 4.69) is 93.5 Å². The average Bonchev–Trinajstić information content (AvgIpc) is 1.64. The molecular formula is C71H77ClN6Na2O14S. The molecule has 7 aromatic carbocycles. The van der Waals surface area contributed by atoms with Gasteiger partial charge in [-0.1, -0.05) is 176 Å². The summed E-state index contributed by atoms with van der Waals surface area (Å²) >= 11 is 0. The molecule has 3 aliphatic heterocycles. The Morgan fingerprint density at radius 2 is 0.811 bits per heavy atom. The number of oxime groups is 1. The predicted octanol–water partition coefficient (Wildman–Crippen LogP) is 5.35. The molecule has 0 radical (unpaired) electrons. The van der Waals surface area contributed by atoms with Gasteiger partial charge in [0.25, 0.3) is 15.5 Å². The third kappa shape index (κ3) is 20.5. The summed E-state index contributed by atoms with van der Waals surface area (Å²) in [6, 6.07) is 57.7. The summed E-state index contributed by atoms with van der Waals surface area (Å²) < 4.78 is 38.2. The van der Waals surface area contributed by atoms with Crippen LogP contribution in [0, 0.1) is 0 Å². The number of carbonyl (C=O) groups excluding carboxylic acids is 6. The van der Waals surface area contributed by atoms with Crippen molar-refractivity contribution in [3.63, 3.8) is 0 Å². The van der Waals surface area contributed by atoms with Crippen LogP contribution in [0.1, 0.15) is 105 Å². The van der Waals surface area contributed by atoms with E-state index in [1.807, 2.05) is 72.8 Å². The Labute approximate surface area is 604 Å². The Balaban J connectivity index is 0.000000232. The SMILES string of the molecule is C.O=C(OCC1c2ccccc2-c2ccccc21)N1CCC/C(=N\O)CC1.O=C1CCCN(C(=O)OCC2c3ccccc3-c3ccccc32)CCN1.O=C1CCN(C(=O)OCC2c3ccccc3-c3ccccc32)CCCN1.O=CO[O-].O=S(=O)(Cl)c1ccccc1.[H-].[Na+].[Na+]. The van der Waals surface area contributed by atoms with Crippen LogP contribution in [0.3, 0.4) is 0 Å². The first-order valence-electron chi connectivity index (χ1n) is 30.5. The monoisotopic (exact) mass is 1350 g/mol. The maximum Gasteiger partial charge on any atom is 1.00 e. The molecule has 3 heterocycles. The molecule has 0 aromatic heterocycles. The zero-order valence-corrected chi connectivity index (χ0v) is 58.2. The van der Waals surface area contributed by atoms with Gasteiger partial charge < -0.3 is 56.3 Å². The fourth-order valence-corrected chi connectivity index (χ4v) is 12.9. The Bertz CT molecular complexity index is 3730. The standard InChI is InChI=1S/3C21H22N2O3.C6H5ClO2S.CH2O3.CH4.2Na.H/c24-21(23-12-5-6-15(22-25)11-13-23)26-14-20-18-9-3-1-7-16(18)17-8-2-4-10-19(17)20;24-20-10-13-23(12-5-11-22-20)21(25)26-14-19-17-8-3-1-6-15(17)16-7-2-4-9-18(16)19;24-20-10-5-12-23(13-11-22-20)21(25)26-14-19-17-8-3-1-6-15(17)16-7-2-4-9-18(16)19;7-10(8,9)6-4-2-1-3-5-6;2-1-4-3;;;;/h1-4,7-10,20,25H,5-6,11-14H2;2*1-4,6-9,19H,5,10-14H2,(H,22,24);1-5H;1,3H;1H4;;;/q;;;;;;2*+1;-1/p-1/b22-15+;;;;;;;;. The van der Waals surface area contributed by atoms with Crippen molar-refractivity contribution < 1.29 is 127 Å². The summed E-state index contributed by atoms with van der Waals surface area (Å²) in [5, 5.41) is 26.3. The Kier molecular flexibility index (Phi) is 30.8. The molecule has 5 amide bonds. The van der Waals surface area contributed by atoms with Gasteiger partial charge in [0.2, 0.25) is 11.8 Å². The van der Waals surface area contributed by atoms with Crippen LogP contribution in [0.2, 0.25) is 0 Å². The second-order valence-corrected chi connectivity index (χ2v) is 24.8. The van der Waals surface area contributed by atoms with Gasteiger partial charge in [-0.05, 0) is 105 Å². The number of ether oxygens (including phenoxy) is 3. The zero-order valence-electron chi connectivity index (χ0n) is 53.6. The Morgan fingerprint density at radius 1 is 0.495 bits per heavy atom. The van der Waals surface area contributed by atoms with E-state index in [9.17, 15) is 32.4 Å². The average molecular weight is 1350 g/mol. The van der Waals surface area contributed by atoms with Gasteiger partial charge >= 0.3 is 77.4 Å². The van der Waals surface area contributed by atoms with E-state index in [1.165, 1.54) is 78.9 Å². The molecule has 0 unspecified atom stereocenters. The van der Waals surface area contributed by atoms with Gasteiger partial charge in [-0.2, -0.15) is 0 Å².